The standard InChI is InChI=1S/C13H29N3O2/c1-15(2)12-4-7-16(8-5-12)11-13(17)10-14-6-9-18-3/h12-14,17H,4-11H2,1-3H3. The van der Waals surface area contributed by atoms with Crippen molar-refractivity contribution < 1.29 is 9.84 Å². The number of aliphatic hydroxyl groups excluding tert-OH is 1. The van der Waals surface area contributed by atoms with Gasteiger partial charge in [-0.25, -0.2) is 0 Å². The summed E-state index contributed by atoms with van der Waals surface area (Å²) in [6, 6.07) is 0.707. The monoisotopic (exact) mass is 259 g/mol. The molecule has 1 saturated heterocycles. The van der Waals surface area contributed by atoms with Gasteiger partial charge in [-0.15, -0.1) is 0 Å². The highest BCUT2D eigenvalue weighted by atomic mass is 16.5. The molecule has 1 atom stereocenters. The summed E-state index contributed by atoms with van der Waals surface area (Å²) in [4.78, 5) is 4.67. The van der Waals surface area contributed by atoms with Gasteiger partial charge in [0.15, 0.2) is 0 Å². The van der Waals surface area contributed by atoms with E-state index in [1.807, 2.05) is 0 Å². The number of likely N-dealkylation sites (tertiary alicyclic amines) is 1. The fraction of sp³-hybridized carbons (Fsp3) is 1.00. The topological polar surface area (TPSA) is 48.0 Å². The number of β-amino-alcohol motifs (C(OH)–C–C–N with tert-alkyl or cyclic N) is 1. The molecule has 0 radical (unpaired) electrons. The molecular weight excluding hydrogens is 230 g/mol. The first-order valence-corrected chi connectivity index (χ1v) is 6.90. The molecule has 0 aromatic heterocycles. The number of aliphatic hydroxyl groups is 1. The van der Waals surface area contributed by atoms with Crippen LogP contribution < -0.4 is 5.32 Å². The third-order valence-corrected chi connectivity index (χ3v) is 3.62. The van der Waals surface area contributed by atoms with Crippen molar-refractivity contribution in [1.82, 2.24) is 15.1 Å². The molecule has 18 heavy (non-hydrogen) atoms. The molecule has 5 heteroatoms. The second-order valence-electron chi connectivity index (χ2n) is 5.35. The van der Waals surface area contributed by atoms with Crippen LogP contribution in [-0.4, -0.2) is 87.6 Å². The quantitative estimate of drug-likeness (QED) is 0.581. The van der Waals surface area contributed by atoms with E-state index < -0.39 is 0 Å². The van der Waals surface area contributed by atoms with Gasteiger partial charge in [0.25, 0.3) is 0 Å². The third-order valence-electron chi connectivity index (χ3n) is 3.62. The number of nitrogens with one attached hydrogen (secondary N) is 1. The van der Waals surface area contributed by atoms with Gasteiger partial charge in [0.1, 0.15) is 0 Å². The van der Waals surface area contributed by atoms with E-state index in [1.54, 1.807) is 7.11 Å². The van der Waals surface area contributed by atoms with Crippen LogP contribution in [0.1, 0.15) is 12.8 Å². The smallest absolute Gasteiger partial charge is 0.0791 e. The number of piperidine rings is 1. The average Bonchev–Trinajstić information content (AvgIpc) is 2.35. The Morgan fingerprint density at radius 1 is 1.39 bits per heavy atom. The van der Waals surface area contributed by atoms with Crippen LogP contribution in [0.2, 0.25) is 0 Å². The maximum absolute atomic E-state index is 9.92. The molecule has 0 spiro atoms. The van der Waals surface area contributed by atoms with Crippen molar-refractivity contribution >= 4 is 0 Å². The van der Waals surface area contributed by atoms with E-state index >= 15 is 0 Å². The van der Waals surface area contributed by atoms with E-state index in [9.17, 15) is 5.11 Å². The molecule has 0 saturated carbocycles. The summed E-state index contributed by atoms with van der Waals surface area (Å²) < 4.78 is 4.95. The van der Waals surface area contributed by atoms with Crippen molar-refractivity contribution in [3.8, 4) is 0 Å². The molecule has 108 valence electrons. The molecule has 1 unspecified atom stereocenters. The SMILES string of the molecule is COCCNCC(O)CN1CCC(N(C)C)CC1. The zero-order valence-corrected chi connectivity index (χ0v) is 12.1. The van der Waals surface area contributed by atoms with Gasteiger partial charge in [-0.3, -0.25) is 0 Å². The molecule has 5 nitrogen and oxygen atoms in total. The lowest BCUT2D eigenvalue weighted by atomic mass is 10.0. The average molecular weight is 259 g/mol. The van der Waals surface area contributed by atoms with Crippen LogP contribution in [0.4, 0.5) is 0 Å². The first-order chi connectivity index (χ1) is 8.63. The maximum atomic E-state index is 9.92. The molecule has 0 aromatic rings. The second-order valence-corrected chi connectivity index (χ2v) is 5.35. The van der Waals surface area contributed by atoms with Crippen LogP contribution in [0, 0.1) is 0 Å². The molecule has 0 aromatic carbocycles. The zero-order chi connectivity index (χ0) is 13.4. The largest absolute Gasteiger partial charge is 0.390 e. The Morgan fingerprint density at radius 3 is 2.61 bits per heavy atom. The van der Waals surface area contributed by atoms with Gasteiger partial charge in [0, 0.05) is 32.8 Å². The summed E-state index contributed by atoms with van der Waals surface area (Å²) in [7, 11) is 5.98. The second kappa shape index (κ2) is 8.82. The lowest BCUT2D eigenvalue weighted by Crippen LogP contribution is -2.46. The number of rotatable bonds is 8. The normalized spacial score (nSPS) is 20.5. The van der Waals surface area contributed by atoms with Gasteiger partial charge in [-0.05, 0) is 40.0 Å². The van der Waals surface area contributed by atoms with Crippen LogP contribution in [0.25, 0.3) is 0 Å². The molecule has 1 rings (SSSR count). The summed E-state index contributed by atoms with van der Waals surface area (Å²) in [5, 5.41) is 13.1. The number of hydrogen-bond donors (Lipinski definition) is 2. The van der Waals surface area contributed by atoms with Crippen molar-refractivity contribution in [2.24, 2.45) is 0 Å². The van der Waals surface area contributed by atoms with Gasteiger partial charge < -0.3 is 25.0 Å². The van der Waals surface area contributed by atoms with Crippen molar-refractivity contribution in [2.45, 2.75) is 25.0 Å². The van der Waals surface area contributed by atoms with Crippen LogP contribution in [0.15, 0.2) is 0 Å². The fourth-order valence-corrected chi connectivity index (χ4v) is 2.42. The van der Waals surface area contributed by atoms with Gasteiger partial charge in [-0.1, -0.05) is 0 Å². The van der Waals surface area contributed by atoms with E-state index in [1.165, 1.54) is 12.8 Å². The highest BCUT2D eigenvalue weighted by Gasteiger charge is 2.21. The summed E-state index contributed by atoms with van der Waals surface area (Å²) in [5.41, 5.74) is 0. The number of nitrogens with zero attached hydrogens (tertiary/aromatic N) is 2. The zero-order valence-electron chi connectivity index (χ0n) is 12.1. The fourth-order valence-electron chi connectivity index (χ4n) is 2.42. The molecule has 0 bridgehead atoms. The van der Waals surface area contributed by atoms with Crippen LogP contribution >= 0.6 is 0 Å². The molecular formula is C13H29N3O2. The predicted molar refractivity (Wildman–Crippen MR) is 73.9 cm³/mol. The molecule has 0 aliphatic carbocycles. The Hall–Kier alpha value is -0.200. The maximum Gasteiger partial charge on any atom is 0.0791 e. The minimum atomic E-state index is -0.280. The molecule has 0 amide bonds. The van der Waals surface area contributed by atoms with Crippen LogP contribution in [-0.2, 0) is 4.74 Å². The van der Waals surface area contributed by atoms with E-state index in [0.717, 1.165) is 26.2 Å². The van der Waals surface area contributed by atoms with E-state index in [2.05, 4.69) is 29.2 Å². The molecule has 1 heterocycles. The summed E-state index contributed by atoms with van der Waals surface area (Å²) in [5.74, 6) is 0. The minimum Gasteiger partial charge on any atom is -0.390 e. The third kappa shape index (κ3) is 6.11. The highest BCUT2D eigenvalue weighted by Crippen LogP contribution is 2.14. The Labute approximate surface area is 111 Å². The first kappa shape index (κ1) is 15.9. The van der Waals surface area contributed by atoms with Gasteiger partial charge >= 0.3 is 0 Å². The van der Waals surface area contributed by atoms with Crippen LogP contribution in [0.3, 0.4) is 0 Å². The Kier molecular flexibility index (Phi) is 7.77. The van der Waals surface area contributed by atoms with Gasteiger partial charge in [0.05, 0.1) is 12.7 Å². The minimum absolute atomic E-state index is 0.280. The molecule has 2 N–H and O–H groups in total. The summed E-state index contributed by atoms with van der Waals surface area (Å²) >= 11 is 0. The van der Waals surface area contributed by atoms with Crippen molar-refractivity contribution in [1.29, 1.82) is 0 Å². The number of hydrogen-bond acceptors (Lipinski definition) is 5. The van der Waals surface area contributed by atoms with Crippen molar-refractivity contribution in [3.05, 3.63) is 0 Å². The molecule has 1 aliphatic heterocycles. The van der Waals surface area contributed by atoms with E-state index in [4.69, 9.17) is 4.74 Å². The Balaban J connectivity index is 2.08. The number of methoxy groups -OCH3 is 1. The van der Waals surface area contributed by atoms with Crippen molar-refractivity contribution in [2.75, 3.05) is 60.5 Å². The van der Waals surface area contributed by atoms with Crippen molar-refractivity contribution in [3.63, 3.8) is 0 Å². The van der Waals surface area contributed by atoms with E-state index in [0.29, 0.717) is 19.2 Å². The predicted octanol–water partition coefficient (Wildman–Crippen LogP) is -0.391. The van der Waals surface area contributed by atoms with Crippen LogP contribution in [0.5, 0.6) is 0 Å². The first-order valence-electron chi connectivity index (χ1n) is 6.90. The summed E-state index contributed by atoms with van der Waals surface area (Å²) in [6.45, 7) is 5.12. The molecule has 1 fully saturated rings. The van der Waals surface area contributed by atoms with Gasteiger partial charge in [-0.2, -0.15) is 0 Å². The summed E-state index contributed by atoms with van der Waals surface area (Å²) in [6.07, 6.45) is 2.13. The Morgan fingerprint density at radius 2 is 2.06 bits per heavy atom. The molecule has 1 aliphatic rings. The highest BCUT2D eigenvalue weighted by molar-refractivity contribution is 4.78. The lowest BCUT2D eigenvalue weighted by molar-refractivity contribution is 0.0783. The van der Waals surface area contributed by atoms with Gasteiger partial charge in [0.2, 0.25) is 0 Å². The lowest BCUT2D eigenvalue weighted by Gasteiger charge is -2.36. The van der Waals surface area contributed by atoms with E-state index in [-0.39, 0.29) is 6.10 Å². The number of ether oxygens (including phenoxy) is 1. The Bertz CT molecular complexity index is 206.